The van der Waals surface area contributed by atoms with E-state index in [0.29, 0.717) is 11.7 Å². The van der Waals surface area contributed by atoms with Gasteiger partial charge in [0.05, 0.1) is 5.69 Å². The Hall–Kier alpha value is -1.16. The van der Waals surface area contributed by atoms with E-state index in [2.05, 4.69) is 16.7 Å². The molecule has 2 heterocycles. The third-order valence-electron chi connectivity index (χ3n) is 4.48. The molecule has 0 radical (unpaired) electrons. The topological polar surface area (TPSA) is 6.48 Å². The molecule has 3 rings (SSSR count). The van der Waals surface area contributed by atoms with E-state index in [4.69, 9.17) is 0 Å². The molecule has 0 spiro atoms. The lowest BCUT2D eigenvalue weighted by Gasteiger charge is -2.44. The van der Waals surface area contributed by atoms with Crippen LogP contribution < -0.4 is 4.90 Å². The monoisotopic (exact) mass is 266 g/mol. The van der Waals surface area contributed by atoms with Crippen molar-refractivity contribution in [2.45, 2.75) is 38.3 Å². The van der Waals surface area contributed by atoms with Gasteiger partial charge >= 0.3 is 0 Å². The second kappa shape index (κ2) is 5.08. The molecule has 4 heteroatoms. The van der Waals surface area contributed by atoms with E-state index in [1.54, 1.807) is 0 Å². The third kappa shape index (κ3) is 2.34. The molecule has 0 bridgehead atoms. The molecule has 2 unspecified atom stereocenters. The second-order valence-electron chi connectivity index (χ2n) is 5.60. The lowest BCUT2D eigenvalue weighted by Crippen LogP contribution is -2.56. The molecule has 104 valence electrons. The highest BCUT2D eigenvalue weighted by Crippen LogP contribution is 2.31. The standard InChI is InChI=1S/C15H20F2N2/c1-2-12-9-18-7-3-4-13(18)10-19(12)15-8-11(16)5-6-14(15)17/h5-6,8,12-13H,2-4,7,9-10H2,1H3. The van der Waals surface area contributed by atoms with E-state index in [9.17, 15) is 8.78 Å². The molecule has 2 atom stereocenters. The molecule has 0 N–H and O–H groups in total. The minimum atomic E-state index is -0.361. The van der Waals surface area contributed by atoms with Crippen LogP contribution in [0.2, 0.25) is 0 Å². The summed E-state index contributed by atoms with van der Waals surface area (Å²) in [4.78, 5) is 4.58. The Morgan fingerprint density at radius 1 is 1.26 bits per heavy atom. The van der Waals surface area contributed by atoms with Gasteiger partial charge in [-0.05, 0) is 37.9 Å². The first-order valence-electron chi connectivity index (χ1n) is 7.14. The van der Waals surface area contributed by atoms with Gasteiger partial charge in [0.25, 0.3) is 0 Å². The molecule has 2 saturated heterocycles. The second-order valence-corrected chi connectivity index (χ2v) is 5.60. The Labute approximate surface area is 113 Å². The Bertz CT molecular complexity index is 463. The Morgan fingerprint density at radius 2 is 2.11 bits per heavy atom. The molecule has 2 aliphatic heterocycles. The SMILES string of the molecule is CCC1CN2CCCC2CN1c1cc(F)ccc1F. The van der Waals surface area contributed by atoms with E-state index in [1.165, 1.54) is 31.0 Å². The van der Waals surface area contributed by atoms with Crippen LogP contribution in [-0.4, -0.2) is 36.6 Å². The smallest absolute Gasteiger partial charge is 0.146 e. The van der Waals surface area contributed by atoms with Crippen LogP contribution in [0, 0.1) is 11.6 Å². The summed E-state index contributed by atoms with van der Waals surface area (Å²) in [5.74, 6) is -0.675. The first kappa shape index (κ1) is 12.9. The predicted octanol–water partition coefficient (Wildman–Crippen LogP) is 3.03. The summed E-state index contributed by atoms with van der Waals surface area (Å²) in [5.41, 5.74) is 0.429. The van der Waals surface area contributed by atoms with Gasteiger partial charge in [0, 0.05) is 31.2 Å². The maximum absolute atomic E-state index is 14.0. The van der Waals surface area contributed by atoms with Crippen molar-refractivity contribution in [1.82, 2.24) is 4.90 Å². The van der Waals surface area contributed by atoms with E-state index in [-0.39, 0.29) is 17.7 Å². The fourth-order valence-corrected chi connectivity index (χ4v) is 3.44. The molecule has 2 fully saturated rings. The lowest BCUT2D eigenvalue weighted by molar-refractivity contribution is 0.194. The highest BCUT2D eigenvalue weighted by atomic mass is 19.1. The van der Waals surface area contributed by atoms with Crippen molar-refractivity contribution < 1.29 is 8.78 Å². The summed E-state index contributed by atoms with van der Waals surface area (Å²) >= 11 is 0. The van der Waals surface area contributed by atoms with Crippen molar-refractivity contribution in [3.8, 4) is 0 Å². The van der Waals surface area contributed by atoms with Crippen LogP contribution in [0.3, 0.4) is 0 Å². The molecular formula is C15H20F2N2. The van der Waals surface area contributed by atoms with Crippen molar-refractivity contribution in [1.29, 1.82) is 0 Å². The summed E-state index contributed by atoms with van der Waals surface area (Å²) < 4.78 is 27.4. The Balaban J connectivity index is 1.90. The summed E-state index contributed by atoms with van der Waals surface area (Å²) in [6, 6.07) is 4.54. The van der Waals surface area contributed by atoms with E-state index < -0.39 is 0 Å². The van der Waals surface area contributed by atoms with Crippen LogP contribution in [0.25, 0.3) is 0 Å². The van der Waals surface area contributed by atoms with Crippen molar-refractivity contribution >= 4 is 5.69 Å². The van der Waals surface area contributed by atoms with Gasteiger partial charge in [-0.25, -0.2) is 8.78 Å². The average Bonchev–Trinajstić information content (AvgIpc) is 2.87. The summed E-state index contributed by atoms with van der Waals surface area (Å²) in [6.45, 7) is 5.06. The molecule has 1 aromatic carbocycles. The molecule has 1 aromatic rings. The molecule has 0 amide bonds. The Morgan fingerprint density at radius 3 is 2.89 bits per heavy atom. The van der Waals surface area contributed by atoms with Crippen LogP contribution in [0.4, 0.5) is 14.5 Å². The quantitative estimate of drug-likeness (QED) is 0.812. The van der Waals surface area contributed by atoms with Gasteiger partial charge in [0.1, 0.15) is 11.6 Å². The van der Waals surface area contributed by atoms with E-state index >= 15 is 0 Å². The van der Waals surface area contributed by atoms with E-state index in [1.807, 2.05) is 0 Å². The van der Waals surface area contributed by atoms with Crippen LogP contribution in [0.1, 0.15) is 26.2 Å². The number of hydrogen-bond acceptors (Lipinski definition) is 2. The van der Waals surface area contributed by atoms with Crippen LogP contribution in [0.15, 0.2) is 18.2 Å². The molecule has 2 aliphatic rings. The van der Waals surface area contributed by atoms with Gasteiger partial charge < -0.3 is 4.90 Å². The number of nitrogens with zero attached hydrogens (tertiary/aromatic N) is 2. The van der Waals surface area contributed by atoms with Gasteiger partial charge in [-0.1, -0.05) is 6.92 Å². The molecule has 0 aromatic heterocycles. The zero-order valence-electron chi connectivity index (χ0n) is 11.3. The van der Waals surface area contributed by atoms with Crippen molar-refractivity contribution in [3.05, 3.63) is 29.8 Å². The molecular weight excluding hydrogens is 246 g/mol. The van der Waals surface area contributed by atoms with E-state index in [0.717, 1.165) is 26.1 Å². The normalized spacial score (nSPS) is 27.6. The van der Waals surface area contributed by atoms with Crippen molar-refractivity contribution in [2.75, 3.05) is 24.5 Å². The summed E-state index contributed by atoms with van der Waals surface area (Å²) in [6.07, 6.45) is 3.35. The number of anilines is 1. The van der Waals surface area contributed by atoms with Gasteiger partial charge in [-0.15, -0.1) is 0 Å². The predicted molar refractivity (Wildman–Crippen MR) is 72.4 cm³/mol. The molecule has 19 heavy (non-hydrogen) atoms. The zero-order chi connectivity index (χ0) is 13.4. The van der Waals surface area contributed by atoms with Crippen molar-refractivity contribution in [2.24, 2.45) is 0 Å². The van der Waals surface area contributed by atoms with Crippen LogP contribution in [-0.2, 0) is 0 Å². The maximum Gasteiger partial charge on any atom is 0.146 e. The zero-order valence-corrected chi connectivity index (χ0v) is 11.3. The first-order chi connectivity index (χ1) is 9.19. The fourth-order valence-electron chi connectivity index (χ4n) is 3.44. The summed E-state index contributed by atoms with van der Waals surface area (Å²) in [7, 11) is 0. The highest BCUT2D eigenvalue weighted by molar-refractivity contribution is 5.50. The number of benzene rings is 1. The number of rotatable bonds is 2. The van der Waals surface area contributed by atoms with Gasteiger partial charge in [0.15, 0.2) is 0 Å². The molecule has 2 nitrogen and oxygen atoms in total. The molecule has 0 saturated carbocycles. The number of fused-ring (bicyclic) bond motifs is 1. The number of hydrogen-bond donors (Lipinski definition) is 0. The van der Waals surface area contributed by atoms with Gasteiger partial charge in [-0.2, -0.15) is 0 Å². The average molecular weight is 266 g/mol. The number of piperazine rings is 1. The first-order valence-corrected chi connectivity index (χ1v) is 7.14. The summed E-state index contributed by atoms with van der Waals surface area (Å²) in [5, 5.41) is 0. The van der Waals surface area contributed by atoms with Crippen LogP contribution >= 0.6 is 0 Å². The van der Waals surface area contributed by atoms with Crippen LogP contribution in [0.5, 0.6) is 0 Å². The maximum atomic E-state index is 14.0. The lowest BCUT2D eigenvalue weighted by atomic mass is 10.0. The fraction of sp³-hybridized carbons (Fsp3) is 0.600. The van der Waals surface area contributed by atoms with Gasteiger partial charge in [-0.3, -0.25) is 4.90 Å². The highest BCUT2D eigenvalue weighted by Gasteiger charge is 2.36. The van der Waals surface area contributed by atoms with Crippen molar-refractivity contribution in [3.63, 3.8) is 0 Å². The third-order valence-corrected chi connectivity index (χ3v) is 4.48. The Kier molecular flexibility index (Phi) is 3.44. The van der Waals surface area contributed by atoms with Gasteiger partial charge in [0.2, 0.25) is 0 Å². The molecule has 0 aliphatic carbocycles. The number of halogens is 2. The minimum absolute atomic E-state index is 0.283. The minimum Gasteiger partial charge on any atom is -0.363 e. The largest absolute Gasteiger partial charge is 0.363 e.